The van der Waals surface area contributed by atoms with Crippen LogP contribution in [-0.4, -0.2) is 13.6 Å². The van der Waals surface area contributed by atoms with Gasteiger partial charge in [0.05, 0.1) is 5.56 Å². The van der Waals surface area contributed by atoms with Gasteiger partial charge in [-0.3, -0.25) is 0 Å². The van der Waals surface area contributed by atoms with Crippen LogP contribution < -0.4 is 10.6 Å². The third kappa shape index (κ3) is 2.00. The smallest absolute Gasteiger partial charge is 0.385 e. The van der Waals surface area contributed by atoms with E-state index in [2.05, 4.69) is 10.6 Å². The second-order valence-electron chi connectivity index (χ2n) is 3.86. The fraction of sp³-hybridized carbons (Fsp3) is 0.455. The Balaban J connectivity index is 2.39. The molecule has 2 nitrogen and oxygen atoms in total. The lowest BCUT2D eigenvalue weighted by Gasteiger charge is -2.27. The molecule has 0 bridgehead atoms. The molecule has 0 fully saturated rings. The van der Waals surface area contributed by atoms with Crippen LogP contribution in [0.2, 0.25) is 0 Å². The molecule has 0 radical (unpaired) electrons. The number of rotatable bonds is 1. The minimum Gasteiger partial charge on any atom is -0.385 e. The molecular formula is C11H13F3N2. The van der Waals surface area contributed by atoms with E-state index in [0.29, 0.717) is 12.2 Å². The van der Waals surface area contributed by atoms with Gasteiger partial charge in [-0.05, 0) is 31.2 Å². The lowest BCUT2D eigenvalue weighted by Crippen LogP contribution is -2.25. The maximum atomic E-state index is 12.5. The van der Waals surface area contributed by atoms with E-state index in [1.807, 2.05) is 7.05 Å². The van der Waals surface area contributed by atoms with E-state index in [4.69, 9.17) is 0 Å². The van der Waals surface area contributed by atoms with Gasteiger partial charge >= 0.3 is 6.18 Å². The third-order valence-corrected chi connectivity index (χ3v) is 2.85. The Bertz CT molecular complexity index is 387. The van der Waals surface area contributed by atoms with Crippen molar-refractivity contribution >= 4 is 5.69 Å². The highest BCUT2D eigenvalue weighted by Crippen LogP contribution is 2.36. The molecule has 1 heterocycles. The number of halogens is 3. The summed E-state index contributed by atoms with van der Waals surface area (Å²) < 4.78 is 37.5. The Morgan fingerprint density at radius 1 is 1.38 bits per heavy atom. The molecular weight excluding hydrogens is 217 g/mol. The first kappa shape index (κ1) is 11.3. The molecule has 0 aromatic heterocycles. The zero-order valence-electron chi connectivity index (χ0n) is 8.86. The number of fused-ring (bicyclic) bond motifs is 1. The van der Waals surface area contributed by atoms with Gasteiger partial charge in [-0.1, -0.05) is 6.07 Å². The van der Waals surface area contributed by atoms with E-state index in [-0.39, 0.29) is 6.04 Å². The Hall–Kier alpha value is -1.23. The van der Waals surface area contributed by atoms with Crippen LogP contribution in [0.15, 0.2) is 18.2 Å². The summed E-state index contributed by atoms with van der Waals surface area (Å²) in [4.78, 5) is 0. The van der Waals surface area contributed by atoms with Crippen LogP contribution in [0.4, 0.5) is 18.9 Å². The van der Waals surface area contributed by atoms with Crippen molar-refractivity contribution in [1.29, 1.82) is 0 Å². The predicted octanol–water partition coefficient (Wildman–Crippen LogP) is 2.78. The van der Waals surface area contributed by atoms with Gasteiger partial charge in [0.15, 0.2) is 0 Å². The Kier molecular flexibility index (Phi) is 2.80. The summed E-state index contributed by atoms with van der Waals surface area (Å²) in [5, 5.41) is 6.10. The minimum atomic E-state index is -4.27. The van der Waals surface area contributed by atoms with Gasteiger partial charge in [-0.25, -0.2) is 0 Å². The first-order valence-corrected chi connectivity index (χ1v) is 5.14. The molecule has 1 aliphatic rings. The van der Waals surface area contributed by atoms with Crippen molar-refractivity contribution in [3.8, 4) is 0 Å². The average Bonchev–Trinajstić information content (AvgIpc) is 2.26. The van der Waals surface area contributed by atoms with Crippen molar-refractivity contribution < 1.29 is 13.2 Å². The molecule has 1 aliphatic heterocycles. The summed E-state index contributed by atoms with van der Waals surface area (Å²) in [6, 6.07) is 4.00. The molecule has 1 atom stereocenters. The molecule has 2 N–H and O–H groups in total. The molecule has 1 aromatic rings. The largest absolute Gasteiger partial charge is 0.416 e. The van der Waals surface area contributed by atoms with E-state index in [1.54, 1.807) is 6.07 Å². The monoisotopic (exact) mass is 230 g/mol. The summed E-state index contributed by atoms with van der Waals surface area (Å²) in [5.74, 6) is 0. The molecule has 5 heteroatoms. The van der Waals surface area contributed by atoms with Gasteiger partial charge in [0.1, 0.15) is 0 Å². The van der Waals surface area contributed by atoms with Gasteiger partial charge in [0.25, 0.3) is 0 Å². The van der Waals surface area contributed by atoms with Crippen LogP contribution in [0.3, 0.4) is 0 Å². The summed E-state index contributed by atoms with van der Waals surface area (Å²) >= 11 is 0. The van der Waals surface area contributed by atoms with Crippen LogP contribution in [0.1, 0.15) is 23.6 Å². The number of alkyl halides is 3. The number of benzene rings is 1. The standard InChI is InChI=1S/C11H13F3N2/c1-15-9-4-5-16-10-6-7(11(12,13)14)2-3-8(9)10/h2-3,6,9,15-16H,4-5H2,1H3. The summed E-state index contributed by atoms with van der Waals surface area (Å²) in [6.07, 6.45) is -3.39. The van der Waals surface area contributed by atoms with E-state index < -0.39 is 11.7 Å². The first-order valence-electron chi connectivity index (χ1n) is 5.14. The number of hydrogen-bond donors (Lipinski definition) is 2. The highest BCUT2D eigenvalue weighted by molar-refractivity contribution is 5.56. The van der Waals surface area contributed by atoms with E-state index in [9.17, 15) is 13.2 Å². The molecule has 2 rings (SSSR count). The first-order chi connectivity index (χ1) is 7.52. The van der Waals surface area contributed by atoms with Crippen LogP contribution >= 0.6 is 0 Å². The van der Waals surface area contributed by atoms with Crippen molar-refractivity contribution in [3.05, 3.63) is 29.3 Å². The topological polar surface area (TPSA) is 24.1 Å². The van der Waals surface area contributed by atoms with Crippen molar-refractivity contribution in [2.75, 3.05) is 18.9 Å². The number of nitrogens with one attached hydrogen (secondary N) is 2. The minimum absolute atomic E-state index is 0.138. The number of hydrogen-bond acceptors (Lipinski definition) is 2. The van der Waals surface area contributed by atoms with E-state index in [0.717, 1.165) is 18.1 Å². The predicted molar refractivity (Wildman–Crippen MR) is 56.4 cm³/mol. The highest BCUT2D eigenvalue weighted by Gasteiger charge is 2.32. The Labute approximate surface area is 91.8 Å². The molecule has 0 saturated carbocycles. The molecule has 88 valence electrons. The van der Waals surface area contributed by atoms with Crippen molar-refractivity contribution in [3.63, 3.8) is 0 Å². The second kappa shape index (κ2) is 3.97. The molecule has 16 heavy (non-hydrogen) atoms. The fourth-order valence-electron chi connectivity index (χ4n) is 2.00. The maximum Gasteiger partial charge on any atom is 0.416 e. The highest BCUT2D eigenvalue weighted by atomic mass is 19.4. The zero-order chi connectivity index (χ0) is 11.8. The van der Waals surface area contributed by atoms with Crippen LogP contribution in [0, 0.1) is 0 Å². The second-order valence-corrected chi connectivity index (χ2v) is 3.86. The van der Waals surface area contributed by atoms with Gasteiger partial charge in [-0.15, -0.1) is 0 Å². The van der Waals surface area contributed by atoms with Crippen LogP contribution in [0.25, 0.3) is 0 Å². The van der Waals surface area contributed by atoms with Crippen molar-refractivity contribution in [2.24, 2.45) is 0 Å². The Morgan fingerprint density at radius 3 is 2.75 bits per heavy atom. The van der Waals surface area contributed by atoms with Gasteiger partial charge in [0, 0.05) is 18.3 Å². The average molecular weight is 230 g/mol. The lowest BCUT2D eigenvalue weighted by atomic mass is 9.96. The van der Waals surface area contributed by atoms with Crippen LogP contribution in [-0.2, 0) is 6.18 Å². The van der Waals surface area contributed by atoms with Crippen molar-refractivity contribution in [2.45, 2.75) is 18.6 Å². The Morgan fingerprint density at radius 2 is 2.12 bits per heavy atom. The SMILES string of the molecule is CNC1CCNc2cc(C(F)(F)F)ccc21. The van der Waals surface area contributed by atoms with Crippen molar-refractivity contribution in [1.82, 2.24) is 5.32 Å². The number of anilines is 1. The summed E-state index contributed by atoms with van der Waals surface area (Å²) in [5.41, 5.74) is 0.887. The normalized spacial score (nSPS) is 20.1. The third-order valence-electron chi connectivity index (χ3n) is 2.85. The van der Waals surface area contributed by atoms with Gasteiger partial charge in [-0.2, -0.15) is 13.2 Å². The van der Waals surface area contributed by atoms with Crippen LogP contribution in [0.5, 0.6) is 0 Å². The molecule has 1 unspecified atom stereocenters. The summed E-state index contributed by atoms with van der Waals surface area (Å²) in [6.45, 7) is 0.694. The van der Waals surface area contributed by atoms with Gasteiger partial charge < -0.3 is 10.6 Å². The lowest BCUT2D eigenvalue weighted by molar-refractivity contribution is -0.137. The molecule has 0 aliphatic carbocycles. The molecule has 1 aromatic carbocycles. The quantitative estimate of drug-likeness (QED) is 0.775. The fourth-order valence-corrected chi connectivity index (χ4v) is 2.00. The van der Waals surface area contributed by atoms with E-state index in [1.165, 1.54) is 6.07 Å². The molecule has 0 amide bonds. The molecule has 0 spiro atoms. The zero-order valence-corrected chi connectivity index (χ0v) is 8.86. The summed E-state index contributed by atoms with van der Waals surface area (Å²) in [7, 11) is 1.82. The molecule has 0 saturated heterocycles. The van der Waals surface area contributed by atoms with E-state index >= 15 is 0 Å². The maximum absolute atomic E-state index is 12.5. The van der Waals surface area contributed by atoms with Gasteiger partial charge in [0.2, 0.25) is 0 Å².